The van der Waals surface area contributed by atoms with Gasteiger partial charge in [0.25, 0.3) is 0 Å². The molecule has 3 nitrogen and oxygen atoms in total. The number of rotatable bonds is 3. The number of hydrogen-bond donors (Lipinski definition) is 1. The van der Waals surface area contributed by atoms with E-state index in [2.05, 4.69) is 15.9 Å². The molecule has 0 heterocycles. The fourth-order valence-electron chi connectivity index (χ4n) is 1.44. The summed E-state index contributed by atoms with van der Waals surface area (Å²) in [7, 11) is 1.58. The highest BCUT2D eigenvalue weighted by Gasteiger charge is 2.08. The molecule has 2 aromatic carbocycles. The summed E-state index contributed by atoms with van der Waals surface area (Å²) in [6, 6.07) is 13.0. The molecule has 0 bridgehead atoms. The number of nitrogen functional groups attached to an aromatic ring is 1. The summed E-state index contributed by atoms with van der Waals surface area (Å²) in [6.45, 7) is 0. The molecule has 0 unspecified atom stereocenters. The van der Waals surface area contributed by atoms with Gasteiger partial charge in [0.05, 0.1) is 11.6 Å². The van der Waals surface area contributed by atoms with Gasteiger partial charge in [-0.1, -0.05) is 18.2 Å². The van der Waals surface area contributed by atoms with E-state index >= 15 is 0 Å². The summed E-state index contributed by atoms with van der Waals surface area (Å²) in [5, 5.41) is 0. The highest BCUT2D eigenvalue weighted by molar-refractivity contribution is 9.10. The van der Waals surface area contributed by atoms with Crippen molar-refractivity contribution >= 4 is 21.6 Å². The Bertz CT molecular complexity index is 529. The molecule has 2 rings (SSSR count). The number of ether oxygens (including phenoxy) is 2. The fourth-order valence-corrected chi connectivity index (χ4v) is 1.80. The zero-order valence-electron chi connectivity index (χ0n) is 9.31. The van der Waals surface area contributed by atoms with Crippen molar-refractivity contribution in [3.05, 3.63) is 46.9 Å². The van der Waals surface area contributed by atoms with Crippen molar-refractivity contribution in [1.82, 2.24) is 0 Å². The number of hydrogen-bond acceptors (Lipinski definition) is 3. The molecule has 0 fully saturated rings. The number of anilines is 1. The first-order valence-corrected chi connectivity index (χ1v) is 5.86. The minimum atomic E-state index is 0.491. The zero-order valence-corrected chi connectivity index (χ0v) is 10.9. The standard InChI is InChI=1S/C13H12BrNO2/c1-16-11-7-4-8-12(13(11)15)17-10-6-3-2-5-9(10)14/h2-8H,15H2,1H3. The van der Waals surface area contributed by atoms with E-state index in [4.69, 9.17) is 15.2 Å². The molecule has 2 N–H and O–H groups in total. The van der Waals surface area contributed by atoms with Gasteiger partial charge in [-0.25, -0.2) is 0 Å². The van der Waals surface area contributed by atoms with Crippen LogP contribution in [0.4, 0.5) is 5.69 Å². The first kappa shape index (κ1) is 11.8. The average Bonchev–Trinajstić information content (AvgIpc) is 2.34. The molecule has 0 aliphatic rings. The highest BCUT2D eigenvalue weighted by atomic mass is 79.9. The maximum absolute atomic E-state index is 5.93. The molecule has 2 aromatic rings. The van der Waals surface area contributed by atoms with Gasteiger partial charge < -0.3 is 15.2 Å². The summed E-state index contributed by atoms with van der Waals surface area (Å²) >= 11 is 3.42. The van der Waals surface area contributed by atoms with Crippen LogP contribution in [0.1, 0.15) is 0 Å². The minimum absolute atomic E-state index is 0.491. The van der Waals surface area contributed by atoms with Gasteiger partial charge in [-0.3, -0.25) is 0 Å². The maximum Gasteiger partial charge on any atom is 0.154 e. The molecule has 0 saturated heterocycles. The van der Waals surface area contributed by atoms with E-state index in [1.165, 1.54) is 0 Å². The largest absolute Gasteiger partial charge is 0.494 e. The van der Waals surface area contributed by atoms with Crippen LogP contribution in [0.25, 0.3) is 0 Å². The van der Waals surface area contributed by atoms with Crippen LogP contribution in [0.2, 0.25) is 0 Å². The fraction of sp³-hybridized carbons (Fsp3) is 0.0769. The summed E-state index contributed by atoms with van der Waals surface area (Å²) in [5.74, 6) is 1.90. The first-order chi connectivity index (χ1) is 8.22. The smallest absolute Gasteiger partial charge is 0.154 e. The molecule has 4 heteroatoms. The van der Waals surface area contributed by atoms with Gasteiger partial charge in [-0.05, 0) is 40.2 Å². The highest BCUT2D eigenvalue weighted by Crippen LogP contribution is 2.36. The SMILES string of the molecule is COc1cccc(Oc2ccccc2Br)c1N. The summed E-state index contributed by atoms with van der Waals surface area (Å²) in [4.78, 5) is 0. The number of methoxy groups -OCH3 is 1. The van der Waals surface area contributed by atoms with Crippen LogP contribution in [-0.2, 0) is 0 Å². The van der Waals surface area contributed by atoms with E-state index in [-0.39, 0.29) is 0 Å². The second kappa shape index (κ2) is 5.10. The molecule has 0 saturated carbocycles. The van der Waals surface area contributed by atoms with E-state index in [0.717, 1.165) is 4.47 Å². The molecular weight excluding hydrogens is 282 g/mol. The lowest BCUT2D eigenvalue weighted by Gasteiger charge is -2.12. The Morgan fingerprint density at radius 3 is 2.29 bits per heavy atom. The van der Waals surface area contributed by atoms with Crippen molar-refractivity contribution in [2.75, 3.05) is 12.8 Å². The Kier molecular flexibility index (Phi) is 3.54. The van der Waals surface area contributed by atoms with Crippen molar-refractivity contribution in [2.24, 2.45) is 0 Å². The van der Waals surface area contributed by atoms with Gasteiger partial charge in [-0.15, -0.1) is 0 Å². The predicted octanol–water partition coefficient (Wildman–Crippen LogP) is 3.83. The van der Waals surface area contributed by atoms with E-state index < -0.39 is 0 Å². The summed E-state index contributed by atoms with van der Waals surface area (Å²) in [5.41, 5.74) is 6.42. The zero-order chi connectivity index (χ0) is 12.3. The van der Waals surface area contributed by atoms with Gasteiger partial charge in [0.15, 0.2) is 5.75 Å². The van der Waals surface area contributed by atoms with Gasteiger partial charge in [-0.2, -0.15) is 0 Å². The summed E-state index contributed by atoms with van der Waals surface area (Å²) in [6.07, 6.45) is 0. The lowest BCUT2D eigenvalue weighted by atomic mass is 10.2. The van der Waals surface area contributed by atoms with Gasteiger partial charge in [0, 0.05) is 0 Å². The Labute approximate surface area is 108 Å². The van der Waals surface area contributed by atoms with Gasteiger partial charge in [0.1, 0.15) is 17.2 Å². The lowest BCUT2D eigenvalue weighted by Crippen LogP contribution is -1.96. The molecule has 0 aliphatic heterocycles. The Morgan fingerprint density at radius 1 is 0.941 bits per heavy atom. The van der Waals surface area contributed by atoms with E-state index in [0.29, 0.717) is 22.9 Å². The Balaban J connectivity index is 2.34. The number of para-hydroxylation sites is 2. The van der Waals surface area contributed by atoms with Crippen molar-refractivity contribution in [3.8, 4) is 17.2 Å². The summed E-state index contributed by atoms with van der Waals surface area (Å²) < 4.78 is 11.7. The van der Waals surface area contributed by atoms with Crippen LogP contribution >= 0.6 is 15.9 Å². The van der Waals surface area contributed by atoms with Crippen molar-refractivity contribution < 1.29 is 9.47 Å². The molecule has 0 aromatic heterocycles. The van der Waals surface area contributed by atoms with Crippen LogP contribution in [-0.4, -0.2) is 7.11 Å². The third kappa shape index (κ3) is 2.53. The average molecular weight is 294 g/mol. The maximum atomic E-state index is 5.93. The van der Waals surface area contributed by atoms with Crippen LogP contribution in [0.3, 0.4) is 0 Å². The van der Waals surface area contributed by atoms with Gasteiger partial charge in [0.2, 0.25) is 0 Å². The predicted molar refractivity (Wildman–Crippen MR) is 71.6 cm³/mol. The molecule has 17 heavy (non-hydrogen) atoms. The topological polar surface area (TPSA) is 44.5 Å². The molecule has 0 spiro atoms. The second-order valence-electron chi connectivity index (χ2n) is 3.40. The third-order valence-corrected chi connectivity index (χ3v) is 2.96. The molecular formula is C13H12BrNO2. The van der Waals surface area contributed by atoms with Gasteiger partial charge >= 0.3 is 0 Å². The van der Waals surface area contributed by atoms with Crippen LogP contribution < -0.4 is 15.2 Å². The molecule has 0 aliphatic carbocycles. The lowest BCUT2D eigenvalue weighted by molar-refractivity contribution is 0.412. The Hall–Kier alpha value is -1.68. The van der Waals surface area contributed by atoms with E-state index in [9.17, 15) is 0 Å². The van der Waals surface area contributed by atoms with Crippen molar-refractivity contribution in [1.29, 1.82) is 0 Å². The molecule has 88 valence electrons. The quantitative estimate of drug-likeness (QED) is 0.875. The number of benzene rings is 2. The van der Waals surface area contributed by atoms with Crippen molar-refractivity contribution in [3.63, 3.8) is 0 Å². The monoisotopic (exact) mass is 293 g/mol. The number of nitrogens with two attached hydrogens (primary N) is 1. The van der Waals surface area contributed by atoms with E-state index in [1.807, 2.05) is 30.3 Å². The van der Waals surface area contributed by atoms with Crippen LogP contribution in [0.5, 0.6) is 17.2 Å². The minimum Gasteiger partial charge on any atom is -0.494 e. The second-order valence-corrected chi connectivity index (χ2v) is 4.26. The first-order valence-electron chi connectivity index (χ1n) is 5.07. The Morgan fingerprint density at radius 2 is 1.59 bits per heavy atom. The van der Waals surface area contributed by atoms with Crippen LogP contribution in [0, 0.1) is 0 Å². The number of halogens is 1. The molecule has 0 atom stereocenters. The normalized spacial score (nSPS) is 10.0. The molecule has 0 radical (unpaired) electrons. The molecule has 0 amide bonds. The third-order valence-electron chi connectivity index (χ3n) is 2.30. The van der Waals surface area contributed by atoms with Crippen LogP contribution in [0.15, 0.2) is 46.9 Å². The van der Waals surface area contributed by atoms with E-state index in [1.54, 1.807) is 19.2 Å². The van der Waals surface area contributed by atoms with Crippen molar-refractivity contribution in [2.45, 2.75) is 0 Å².